The van der Waals surface area contributed by atoms with E-state index < -0.39 is 6.10 Å². The zero-order chi connectivity index (χ0) is 52.7. The van der Waals surface area contributed by atoms with Gasteiger partial charge in [0.1, 0.15) is 6.61 Å². The van der Waals surface area contributed by atoms with Crippen LogP contribution in [0, 0.1) is 0 Å². The van der Waals surface area contributed by atoms with Crippen LogP contribution in [0.4, 0.5) is 0 Å². The molecule has 432 valence electrons. The number of allylic oxidation sites excluding steroid dienone is 4. The molecule has 0 bridgehead atoms. The molecular formula is C68H130O5. The standard InChI is InChI=1S/C68H130O5/c1-3-5-7-9-11-13-15-17-19-21-23-25-27-29-30-31-32-33-34-35-36-37-39-40-42-44-46-48-50-52-54-56-58-60-62-67(70)72-65-66(64-69)73-68(71)63-61-59-57-55-53-51-49-47-45-43-41-38-28-26-24-22-20-18-16-14-12-10-8-6-4-2/h16,18,22,24,66,69H,3-15,17,19-21,23,25-65H2,1-2H3/b18-16-,24-22-. The number of hydrogen-bond donors (Lipinski definition) is 1. The summed E-state index contributed by atoms with van der Waals surface area (Å²) in [7, 11) is 0. The molecule has 1 N–H and O–H groups in total. The van der Waals surface area contributed by atoms with E-state index in [4.69, 9.17) is 9.47 Å². The second-order valence-electron chi connectivity index (χ2n) is 22.9. The maximum absolute atomic E-state index is 12.3. The predicted octanol–water partition coefficient (Wildman–Crippen LogP) is 22.8. The van der Waals surface area contributed by atoms with E-state index in [2.05, 4.69) is 38.2 Å². The molecule has 1 atom stereocenters. The number of aliphatic hydroxyl groups is 1. The fourth-order valence-corrected chi connectivity index (χ4v) is 10.5. The zero-order valence-electron chi connectivity index (χ0n) is 49.7. The van der Waals surface area contributed by atoms with E-state index >= 15 is 0 Å². The molecular weight excluding hydrogens is 897 g/mol. The average molecular weight is 1030 g/mol. The highest BCUT2D eigenvalue weighted by Crippen LogP contribution is 2.19. The Bertz CT molecular complexity index is 1120. The van der Waals surface area contributed by atoms with Crippen molar-refractivity contribution in [2.24, 2.45) is 0 Å². The minimum Gasteiger partial charge on any atom is -0.462 e. The molecule has 0 heterocycles. The lowest BCUT2D eigenvalue weighted by molar-refractivity contribution is -0.161. The van der Waals surface area contributed by atoms with Gasteiger partial charge in [0.2, 0.25) is 0 Å². The molecule has 0 saturated carbocycles. The Hall–Kier alpha value is -1.62. The van der Waals surface area contributed by atoms with Gasteiger partial charge >= 0.3 is 11.9 Å². The van der Waals surface area contributed by atoms with Gasteiger partial charge in [0.05, 0.1) is 6.61 Å². The summed E-state index contributed by atoms with van der Waals surface area (Å²) in [5, 5.41) is 9.68. The third kappa shape index (κ3) is 62.8. The predicted molar refractivity (Wildman–Crippen MR) is 321 cm³/mol. The van der Waals surface area contributed by atoms with E-state index in [0.29, 0.717) is 12.8 Å². The van der Waals surface area contributed by atoms with Gasteiger partial charge in [-0.2, -0.15) is 0 Å². The largest absolute Gasteiger partial charge is 0.462 e. The first-order chi connectivity index (χ1) is 36.1. The number of aliphatic hydroxyl groups excluding tert-OH is 1. The Labute approximate surface area is 457 Å². The summed E-state index contributed by atoms with van der Waals surface area (Å²) in [4.78, 5) is 24.6. The molecule has 0 aliphatic rings. The molecule has 0 aliphatic carbocycles. The number of esters is 2. The summed E-state index contributed by atoms with van der Waals surface area (Å²) in [5.74, 6) is -0.568. The van der Waals surface area contributed by atoms with E-state index in [1.165, 1.54) is 315 Å². The molecule has 73 heavy (non-hydrogen) atoms. The lowest BCUT2D eigenvalue weighted by Gasteiger charge is -2.15. The minimum absolute atomic E-state index is 0.0595. The average Bonchev–Trinajstić information content (AvgIpc) is 3.39. The van der Waals surface area contributed by atoms with E-state index in [1.54, 1.807) is 0 Å². The van der Waals surface area contributed by atoms with E-state index in [0.717, 1.165) is 38.5 Å². The maximum Gasteiger partial charge on any atom is 0.306 e. The lowest BCUT2D eigenvalue weighted by Crippen LogP contribution is -2.28. The Morgan fingerprint density at radius 2 is 0.548 bits per heavy atom. The van der Waals surface area contributed by atoms with Crippen molar-refractivity contribution in [2.45, 2.75) is 386 Å². The summed E-state index contributed by atoms with van der Waals surface area (Å²) in [5.41, 5.74) is 0. The van der Waals surface area contributed by atoms with E-state index in [9.17, 15) is 14.7 Å². The molecule has 0 aromatic rings. The molecule has 0 aromatic carbocycles. The van der Waals surface area contributed by atoms with E-state index in [-0.39, 0.29) is 25.2 Å². The van der Waals surface area contributed by atoms with Crippen molar-refractivity contribution < 1.29 is 24.2 Å². The van der Waals surface area contributed by atoms with Crippen molar-refractivity contribution in [3.8, 4) is 0 Å². The molecule has 1 unspecified atom stereocenters. The quantitative estimate of drug-likeness (QED) is 0.0373. The van der Waals surface area contributed by atoms with Crippen molar-refractivity contribution in [3.63, 3.8) is 0 Å². The first-order valence-electron chi connectivity index (χ1n) is 33.4. The van der Waals surface area contributed by atoms with Crippen LogP contribution in [0.3, 0.4) is 0 Å². The Kier molecular flexibility index (Phi) is 63.2. The van der Waals surface area contributed by atoms with Crippen LogP contribution in [0.25, 0.3) is 0 Å². The van der Waals surface area contributed by atoms with Gasteiger partial charge in [-0.25, -0.2) is 0 Å². The molecule has 0 fully saturated rings. The molecule has 0 amide bonds. The van der Waals surface area contributed by atoms with Crippen LogP contribution < -0.4 is 0 Å². The number of unbranched alkanes of at least 4 members (excludes halogenated alkanes) is 51. The van der Waals surface area contributed by atoms with Crippen molar-refractivity contribution in [3.05, 3.63) is 24.3 Å². The maximum atomic E-state index is 12.3. The summed E-state index contributed by atoms with van der Waals surface area (Å²) in [6.07, 6.45) is 83.5. The number of ether oxygens (including phenoxy) is 2. The van der Waals surface area contributed by atoms with Crippen LogP contribution in [0.15, 0.2) is 24.3 Å². The highest BCUT2D eigenvalue weighted by molar-refractivity contribution is 5.70. The van der Waals surface area contributed by atoms with Crippen molar-refractivity contribution in [1.82, 2.24) is 0 Å². The molecule has 0 aliphatic heterocycles. The third-order valence-corrected chi connectivity index (χ3v) is 15.5. The molecule has 0 saturated heterocycles. The first-order valence-corrected chi connectivity index (χ1v) is 33.4. The van der Waals surface area contributed by atoms with Crippen molar-refractivity contribution >= 4 is 11.9 Å². The molecule has 0 rings (SSSR count). The SMILES string of the molecule is CCCCCCC/C=C\C/C=C\CCCCCCCCCCCCCCCC(=O)OC(CO)COC(=O)CCCCCCCCCCCCCCCCCCCCCCCCCCCCCCCCCCCC. The van der Waals surface area contributed by atoms with Crippen LogP contribution in [-0.4, -0.2) is 36.4 Å². The van der Waals surface area contributed by atoms with Gasteiger partial charge in [0.25, 0.3) is 0 Å². The first kappa shape index (κ1) is 71.4. The lowest BCUT2D eigenvalue weighted by atomic mass is 10.0. The molecule has 5 heteroatoms. The zero-order valence-corrected chi connectivity index (χ0v) is 49.7. The molecule has 0 aromatic heterocycles. The van der Waals surface area contributed by atoms with Crippen LogP contribution in [0.5, 0.6) is 0 Å². The highest BCUT2D eigenvalue weighted by atomic mass is 16.6. The van der Waals surface area contributed by atoms with Crippen LogP contribution in [0.2, 0.25) is 0 Å². The van der Waals surface area contributed by atoms with Gasteiger partial charge in [-0.1, -0.05) is 346 Å². The topological polar surface area (TPSA) is 72.8 Å². The summed E-state index contributed by atoms with van der Waals surface area (Å²) in [6.45, 7) is 4.19. The molecule has 0 spiro atoms. The highest BCUT2D eigenvalue weighted by Gasteiger charge is 2.16. The minimum atomic E-state index is -0.770. The second kappa shape index (κ2) is 64.7. The van der Waals surface area contributed by atoms with Crippen LogP contribution in [0.1, 0.15) is 380 Å². The third-order valence-electron chi connectivity index (χ3n) is 15.5. The fourth-order valence-electron chi connectivity index (χ4n) is 10.5. The van der Waals surface area contributed by atoms with Crippen LogP contribution >= 0.6 is 0 Å². The summed E-state index contributed by atoms with van der Waals surface area (Å²) >= 11 is 0. The number of carbonyl (C=O) groups excluding carboxylic acids is 2. The fraction of sp³-hybridized carbons (Fsp3) is 0.912. The van der Waals surface area contributed by atoms with Gasteiger partial charge < -0.3 is 14.6 Å². The Morgan fingerprint density at radius 1 is 0.315 bits per heavy atom. The van der Waals surface area contributed by atoms with Gasteiger partial charge in [0, 0.05) is 12.8 Å². The number of rotatable bonds is 63. The summed E-state index contributed by atoms with van der Waals surface area (Å²) < 4.78 is 10.8. The van der Waals surface area contributed by atoms with Crippen molar-refractivity contribution in [2.75, 3.05) is 13.2 Å². The van der Waals surface area contributed by atoms with Gasteiger partial charge in [-0.3, -0.25) is 9.59 Å². The number of carbonyl (C=O) groups is 2. The van der Waals surface area contributed by atoms with Gasteiger partial charge in [-0.05, 0) is 44.9 Å². The smallest absolute Gasteiger partial charge is 0.306 e. The second-order valence-corrected chi connectivity index (χ2v) is 22.9. The summed E-state index contributed by atoms with van der Waals surface area (Å²) in [6, 6.07) is 0. The Morgan fingerprint density at radius 3 is 0.808 bits per heavy atom. The normalized spacial score (nSPS) is 12.2. The van der Waals surface area contributed by atoms with Gasteiger partial charge in [-0.15, -0.1) is 0 Å². The van der Waals surface area contributed by atoms with Crippen molar-refractivity contribution in [1.29, 1.82) is 0 Å². The monoisotopic (exact) mass is 1030 g/mol. The van der Waals surface area contributed by atoms with Crippen LogP contribution in [-0.2, 0) is 19.1 Å². The Balaban J connectivity index is 3.38. The van der Waals surface area contributed by atoms with E-state index in [1.807, 2.05) is 0 Å². The number of hydrogen-bond acceptors (Lipinski definition) is 5. The molecule has 5 nitrogen and oxygen atoms in total. The molecule has 0 radical (unpaired) electrons. The van der Waals surface area contributed by atoms with Gasteiger partial charge in [0.15, 0.2) is 6.10 Å².